The van der Waals surface area contributed by atoms with Gasteiger partial charge in [0.2, 0.25) is 0 Å². The second-order valence-corrected chi connectivity index (χ2v) is 8.66. The van der Waals surface area contributed by atoms with Crippen molar-refractivity contribution in [3.05, 3.63) is 0 Å². The molecule has 0 amide bonds. The van der Waals surface area contributed by atoms with Gasteiger partial charge in [0.15, 0.2) is 11.1 Å². The number of esters is 1. The minimum Gasteiger partial charge on any atom is -0.481 e. The number of carboxylic acids is 1. The van der Waals surface area contributed by atoms with Gasteiger partial charge < -0.3 is 19.3 Å². The number of ether oxygens (including phenoxy) is 3. The fourth-order valence-corrected chi connectivity index (χ4v) is 2.95. The van der Waals surface area contributed by atoms with Crippen LogP contribution in [0.4, 0.5) is 9.59 Å². The summed E-state index contributed by atoms with van der Waals surface area (Å²) in [6.07, 6.45) is 5.75. The van der Waals surface area contributed by atoms with E-state index >= 15 is 0 Å². The largest absolute Gasteiger partial charge is 0.517 e. The Kier molecular flexibility index (Phi) is 26.3. The minimum absolute atomic E-state index is 0.102. The molecule has 0 heterocycles. The zero-order chi connectivity index (χ0) is 26.4. The van der Waals surface area contributed by atoms with Crippen molar-refractivity contribution < 1.29 is 38.5 Å². The molecule has 2 unspecified atom stereocenters. The number of aliphatic carboxylic acids is 1. The molecule has 0 spiro atoms. The van der Waals surface area contributed by atoms with Crippen LogP contribution in [0.5, 0.6) is 0 Å². The van der Waals surface area contributed by atoms with Gasteiger partial charge in [-0.05, 0) is 39.5 Å². The van der Waals surface area contributed by atoms with E-state index in [0.29, 0.717) is 0 Å². The summed E-state index contributed by atoms with van der Waals surface area (Å²) in [5.41, 5.74) is -2.30. The van der Waals surface area contributed by atoms with Crippen LogP contribution in [0.15, 0.2) is 0 Å². The molecule has 0 radical (unpaired) electrons. The Morgan fingerprint density at radius 3 is 1.33 bits per heavy atom. The standard InChI is InChI=1S/C11H19ClO4.C8H16O2.C3H4Cl2O2/c1-4-6-9(7-5-2)10(13)16-11(14)15-8(3)12;1-3-5-7(6-4-2)8(9)10;1-2(4)7-3(5)6/h8-9H,4-7H2,1-3H3;7H,3-6H2,1-2H3,(H,9,10);2H,1H3. The Labute approximate surface area is 212 Å². The quantitative estimate of drug-likeness (QED) is 0.116. The molecule has 0 aliphatic carbocycles. The van der Waals surface area contributed by atoms with Crippen molar-refractivity contribution >= 4 is 58.3 Å². The van der Waals surface area contributed by atoms with Gasteiger partial charge >= 0.3 is 23.5 Å². The number of carbonyl (C=O) groups is 4. The lowest BCUT2D eigenvalue weighted by Crippen LogP contribution is -2.23. The zero-order valence-corrected chi connectivity index (χ0v) is 22.7. The van der Waals surface area contributed by atoms with Crippen LogP contribution in [0.2, 0.25) is 0 Å². The van der Waals surface area contributed by atoms with E-state index in [1.165, 1.54) is 13.8 Å². The van der Waals surface area contributed by atoms with Crippen LogP contribution < -0.4 is 0 Å². The summed E-state index contributed by atoms with van der Waals surface area (Å²) < 4.78 is 13.2. The lowest BCUT2D eigenvalue weighted by atomic mass is 9.99. The first-order chi connectivity index (χ1) is 15.4. The molecule has 0 fully saturated rings. The van der Waals surface area contributed by atoms with Crippen molar-refractivity contribution in [1.82, 2.24) is 0 Å². The van der Waals surface area contributed by atoms with E-state index in [9.17, 15) is 19.2 Å². The third kappa shape index (κ3) is 26.9. The fraction of sp³-hybridized carbons (Fsp3) is 0.818. The highest BCUT2D eigenvalue weighted by molar-refractivity contribution is 6.61. The summed E-state index contributed by atoms with van der Waals surface area (Å²) in [5, 5.41) is 8.64. The predicted octanol–water partition coefficient (Wildman–Crippen LogP) is 7.70. The van der Waals surface area contributed by atoms with E-state index in [-0.39, 0.29) is 11.8 Å². The summed E-state index contributed by atoms with van der Waals surface area (Å²) >= 11 is 15.3. The van der Waals surface area contributed by atoms with E-state index in [1.807, 2.05) is 27.7 Å². The van der Waals surface area contributed by atoms with Crippen molar-refractivity contribution in [2.24, 2.45) is 11.8 Å². The van der Waals surface area contributed by atoms with Crippen molar-refractivity contribution in [3.63, 3.8) is 0 Å². The summed E-state index contributed by atoms with van der Waals surface area (Å²) in [5.74, 6) is -1.49. The van der Waals surface area contributed by atoms with E-state index in [0.717, 1.165) is 51.4 Å². The Morgan fingerprint density at radius 2 is 1.09 bits per heavy atom. The summed E-state index contributed by atoms with van der Waals surface area (Å²) in [6.45, 7) is 11.0. The summed E-state index contributed by atoms with van der Waals surface area (Å²) in [4.78, 5) is 42.8. The van der Waals surface area contributed by atoms with E-state index in [1.54, 1.807) is 0 Å². The molecule has 2 atom stereocenters. The van der Waals surface area contributed by atoms with Crippen LogP contribution in [-0.4, -0.2) is 39.8 Å². The summed E-state index contributed by atoms with van der Waals surface area (Å²) in [7, 11) is 0. The molecular weight excluding hydrogens is 499 g/mol. The molecule has 0 bridgehead atoms. The van der Waals surface area contributed by atoms with Gasteiger partial charge in [-0.1, -0.05) is 76.6 Å². The maximum Gasteiger partial charge on any atom is 0.517 e. The van der Waals surface area contributed by atoms with Crippen LogP contribution in [-0.2, 0) is 23.8 Å². The first kappa shape index (κ1) is 36.3. The van der Waals surface area contributed by atoms with Gasteiger partial charge in [-0.25, -0.2) is 9.59 Å². The average molecular weight is 538 g/mol. The second kappa shape index (κ2) is 23.9. The number of hydrogen-bond donors (Lipinski definition) is 1. The molecule has 8 nitrogen and oxygen atoms in total. The highest BCUT2D eigenvalue weighted by Crippen LogP contribution is 2.16. The van der Waals surface area contributed by atoms with E-state index < -0.39 is 34.6 Å². The van der Waals surface area contributed by atoms with Gasteiger partial charge in [-0.15, -0.1) is 0 Å². The summed E-state index contributed by atoms with van der Waals surface area (Å²) in [6, 6.07) is 0. The van der Waals surface area contributed by atoms with Gasteiger partial charge in [0.05, 0.1) is 11.8 Å². The molecule has 0 aliphatic rings. The molecule has 0 aliphatic heterocycles. The predicted molar refractivity (Wildman–Crippen MR) is 130 cm³/mol. The highest BCUT2D eigenvalue weighted by Gasteiger charge is 2.22. The maximum atomic E-state index is 11.5. The molecule has 0 saturated carbocycles. The smallest absolute Gasteiger partial charge is 0.481 e. The number of hydrogen-bond acceptors (Lipinski definition) is 7. The molecule has 196 valence electrons. The van der Waals surface area contributed by atoms with Crippen LogP contribution in [0.25, 0.3) is 0 Å². The third-order valence-corrected chi connectivity index (χ3v) is 4.20. The van der Waals surface area contributed by atoms with E-state index in [4.69, 9.17) is 39.9 Å². The minimum atomic E-state index is -1.02. The lowest BCUT2D eigenvalue weighted by molar-refractivity contribution is -0.145. The van der Waals surface area contributed by atoms with E-state index in [2.05, 4.69) is 14.2 Å². The molecule has 0 aromatic rings. The molecule has 0 rings (SSSR count). The van der Waals surface area contributed by atoms with Crippen molar-refractivity contribution in [2.75, 3.05) is 0 Å². The SMILES string of the molecule is CC(Cl)OC(=O)Cl.CCCC(CCC)C(=O)O.CCCC(CCC)C(=O)OC(=O)OC(C)Cl. The van der Waals surface area contributed by atoms with Crippen LogP contribution >= 0.6 is 34.8 Å². The number of halogens is 3. The number of carbonyl (C=O) groups excluding carboxylic acids is 3. The van der Waals surface area contributed by atoms with Crippen LogP contribution in [0, 0.1) is 11.8 Å². The molecule has 0 aromatic heterocycles. The van der Waals surface area contributed by atoms with Crippen molar-refractivity contribution in [3.8, 4) is 0 Å². The normalized spacial score (nSPS) is 11.8. The molecule has 1 N–H and O–H groups in total. The van der Waals surface area contributed by atoms with Gasteiger partial charge in [0.1, 0.15) is 0 Å². The Balaban J connectivity index is -0.000000451. The lowest BCUT2D eigenvalue weighted by Gasteiger charge is -2.13. The van der Waals surface area contributed by atoms with Crippen LogP contribution in [0.3, 0.4) is 0 Å². The topological polar surface area (TPSA) is 116 Å². The monoisotopic (exact) mass is 536 g/mol. The van der Waals surface area contributed by atoms with Crippen molar-refractivity contribution in [1.29, 1.82) is 0 Å². The highest BCUT2D eigenvalue weighted by atomic mass is 35.5. The van der Waals surface area contributed by atoms with Gasteiger partial charge in [0, 0.05) is 11.6 Å². The molecule has 11 heteroatoms. The van der Waals surface area contributed by atoms with Gasteiger partial charge in [-0.2, -0.15) is 0 Å². The van der Waals surface area contributed by atoms with Gasteiger partial charge in [0.25, 0.3) is 0 Å². The first-order valence-electron chi connectivity index (χ1n) is 11.1. The molecule has 33 heavy (non-hydrogen) atoms. The second-order valence-electron chi connectivity index (χ2n) is 7.12. The Hall–Kier alpha value is -1.25. The Morgan fingerprint density at radius 1 is 0.727 bits per heavy atom. The average Bonchev–Trinajstić information content (AvgIpc) is 2.66. The zero-order valence-electron chi connectivity index (χ0n) is 20.4. The molecule has 0 aromatic carbocycles. The molecular formula is C22H39Cl3O8. The Bertz CT molecular complexity index is 530. The number of carboxylic acid groups (broad SMARTS) is 1. The van der Waals surface area contributed by atoms with Crippen molar-refractivity contribution in [2.45, 2.75) is 104 Å². The molecule has 0 saturated heterocycles. The maximum absolute atomic E-state index is 11.5. The number of rotatable bonds is 12. The van der Waals surface area contributed by atoms with Gasteiger partial charge in [-0.3, -0.25) is 9.59 Å². The van der Waals surface area contributed by atoms with Crippen LogP contribution in [0.1, 0.15) is 92.9 Å². The first-order valence-corrected chi connectivity index (χ1v) is 12.4. The third-order valence-electron chi connectivity index (χ3n) is 3.93. The number of alkyl halides is 2. The fourth-order valence-electron chi connectivity index (χ4n) is 2.61.